The van der Waals surface area contributed by atoms with Crippen LogP contribution in [0, 0.1) is 6.92 Å². The van der Waals surface area contributed by atoms with Gasteiger partial charge in [0.25, 0.3) is 0 Å². The molecule has 0 saturated heterocycles. The second-order valence-electron chi connectivity index (χ2n) is 9.45. The van der Waals surface area contributed by atoms with Crippen LogP contribution in [-0.4, -0.2) is 56.6 Å². The third kappa shape index (κ3) is 7.82. The first-order valence-corrected chi connectivity index (χ1v) is 14.2. The van der Waals surface area contributed by atoms with Gasteiger partial charge >= 0.3 is 0 Å². The zero-order chi connectivity index (χ0) is 25.4. The maximum Gasteiger partial charge on any atom is 0.244 e. The van der Waals surface area contributed by atoms with Crippen LogP contribution < -0.4 is 9.62 Å². The van der Waals surface area contributed by atoms with Crippen LogP contribution in [-0.2, 0) is 26.0 Å². The maximum atomic E-state index is 13.6. The van der Waals surface area contributed by atoms with Crippen molar-refractivity contribution in [3.63, 3.8) is 0 Å². The van der Waals surface area contributed by atoms with Crippen molar-refractivity contribution in [2.24, 2.45) is 0 Å². The van der Waals surface area contributed by atoms with E-state index in [4.69, 9.17) is 0 Å². The molecule has 2 aromatic rings. The number of carbonyl (C=O) groups excluding carboxylic acids is 2. The average Bonchev–Trinajstić information content (AvgIpc) is 2.83. The summed E-state index contributed by atoms with van der Waals surface area (Å²) < 4.78 is 26.4. The normalized spacial score (nSPS) is 15.3. The molecule has 0 aliphatic heterocycles. The van der Waals surface area contributed by atoms with E-state index in [1.165, 1.54) is 11.3 Å². The van der Waals surface area contributed by atoms with Crippen LogP contribution in [0.25, 0.3) is 0 Å². The molecule has 190 valence electrons. The van der Waals surface area contributed by atoms with Crippen molar-refractivity contribution < 1.29 is 18.0 Å². The van der Waals surface area contributed by atoms with Gasteiger partial charge in [-0.2, -0.15) is 0 Å². The summed E-state index contributed by atoms with van der Waals surface area (Å²) in [6.07, 6.45) is 6.93. The Morgan fingerprint density at radius 1 is 1.03 bits per heavy atom. The summed E-state index contributed by atoms with van der Waals surface area (Å²) in [5, 5.41) is 3.11. The summed E-state index contributed by atoms with van der Waals surface area (Å²) in [5.41, 5.74) is 2.37. The first-order valence-electron chi connectivity index (χ1n) is 12.3. The Balaban J connectivity index is 1.81. The smallest absolute Gasteiger partial charge is 0.244 e. The number of benzene rings is 2. The van der Waals surface area contributed by atoms with Gasteiger partial charge in [-0.05, 0) is 56.4 Å². The first-order chi connectivity index (χ1) is 16.6. The minimum Gasteiger partial charge on any atom is -0.352 e. The number of hydrogen-bond acceptors (Lipinski definition) is 4. The Bertz CT molecular complexity index is 1100. The molecule has 0 spiro atoms. The van der Waals surface area contributed by atoms with Crippen LogP contribution in [0.4, 0.5) is 5.69 Å². The van der Waals surface area contributed by atoms with Crippen LogP contribution in [0.3, 0.4) is 0 Å². The van der Waals surface area contributed by atoms with Gasteiger partial charge in [0, 0.05) is 12.6 Å². The molecule has 1 aliphatic rings. The van der Waals surface area contributed by atoms with Gasteiger partial charge in [0.2, 0.25) is 21.8 Å². The predicted molar refractivity (Wildman–Crippen MR) is 140 cm³/mol. The van der Waals surface area contributed by atoms with Crippen LogP contribution in [0.5, 0.6) is 0 Å². The van der Waals surface area contributed by atoms with Crippen molar-refractivity contribution in [1.82, 2.24) is 10.2 Å². The second-order valence-corrected chi connectivity index (χ2v) is 11.4. The fourth-order valence-corrected chi connectivity index (χ4v) is 5.38. The molecule has 0 bridgehead atoms. The van der Waals surface area contributed by atoms with Gasteiger partial charge in [0.15, 0.2) is 0 Å². The largest absolute Gasteiger partial charge is 0.352 e. The molecule has 0 aromatic heterocycles. The van der Waals surface area contributed by atoms with E-state index in [1.54, 1.807) is 25.1 Å². The summed E-state index contributed by atoms with van der Waals surface area (Å²) >= 11 is 0. The lowest BCUT2D eigenvalue weighted by Crippen LogP contribution is -2.53. The molecule has 1 fully saturated rings. The van der Waals surface area contributed by atoms with Gasteiger partial charge in [-0.25, -0.2) is 8.42 Å². The summed E-state index contributed by atoms with van der Waals surface area (Å²) in [4.78, 5) is 28.2. The molecule has 1 N–H and O–H groups in total. The molecule has 3 rings (SSSR count). The Morgan fingerprint density at radius 2 is 1.71 bits per heavy atom. The zero-order valence-corrected chi connectivity index (χ0v) is 21.8. The fraction of sp³-hybridized carbons (Fsp3) is 0.481. The predicted octanol–water partition coefficient (Wildman–Crippen LogP) is 3.67. The molecule has 1 atom stereocenters. The number of carbonyl (C=O) groups is 2. The van der Waals surface area contributed by atoms with Gasteiger partial charge in [0.1, 0.15) is 12.6 Å². The molecular weight excluding hydrogens is 462 g/mol. The number of amides is 2. The number of nitrogens with zero attached hydrogens (tertiary/aromatic N) is 2. The monoisotopic (exact) mass is 499 g/mol. The number of hydrogen-bond donors (Lipinski definition) is 1. The van der Waals surface area contributed by atoms with E-state index in [2.05, 4.69) is 5.32 Å². The van der Waals surface area contributed by atoms with E-state index in [-0.39, 0.29) is 18.5 Å². The summed E-state index contributed by atoms with van der Waals surface area (Å²) in [7, 11) is -3.71. The van der Waals surface area contributed by atoms with Crippen LogP contribution in [0.2, 0.25) is 0 Å². The van der Waals surface area contributed by atoms with Crippen molar-refractivity contribution in [2.75, 3.05) is 23.7 Å². The molecule has 7 nitrogen and oxygen atoms in total. The summed E-state index contributed by atoms with van der Waals surface area (Å²) in [6, 6.07) is 16.2. The molecule has 8 heteroatoms. The van der Waals surface area contributed by atoms with Crippen molar-refractivity contribution in [3.8, 4) is 0 Å². The van der Waals surface area contributed by atoms with Gasteiger partial charge in [0.05, 0.1) is 11.9 Å². The molecule has 1 unspecified atom stereocenters. The Labute approximate surface area is 209 Å². The molecule has 1 saturated carbocycles. The van der Waals surface area contributed by atoms with Crippen LogP contribution >= 0.6 is 0 Å². The van der Waals surface area contributed by atoms with Gasteiger partial charge in [-0.15, -0.1) is 0 Å². The van der Waals surface area contributed by atoms with Crippen molar-refractivity contribution >= 4 is 27.5 Å². The highest BCUT2D eigenvalue weighted by Crippen LogP contribution is 2.20. The minimum atomic E-state index is -3.71. The number of aryl methyl sites for hydroxylation is 1. The molecule has 0 radical (unpaired) electrons. The Kier molecular flexibility index (Phi) is 9.32. The number of sulfonamides is 1. The first kappa shape index (κ1) is 26.7. The lowest BCUT2D eigenvalue weighted by atomic mass is 9.95. The van der Waals surface area contributed by atoms with Gasteiger partial charge in [-0.1, -0.05) is 61.7 Å². The summed E-state index contributed by atoms with van der Waals surface area (Å²) in [5.74, 6) is -0.598. The quantitative estimate of drug-likeness (QED) is 0.540. The van der Waals surface area contributed by atoms with E-state index in [0.717, 1.165) is 47.4 Å². The van der Waals surface area contributed by atoms with E-state index in [0.29, 0.717) is 18.7 Å². The van der Waals surface area contributed by atoms with Crippen molar-refractivity contribution in [1.29, 1.82) is 0 Å². The van der Waals surface area contributed by atoms with Gasteiger partial charge in [-0.3, -0.25) is 13.9 Å². The number of nitrogens with one attached hydrogen (secondary N) is 1. The van der Waals surface area contributed by atoms with Crippen molar-refractivity contribution in [2.45, 2.75) is 64.5 Å². The fourth-order valence-electron chi connectivity index (χ4n) is 4.54. The minimum absolute atomic E-state index is 0.129. The third-order valence-corrected chi connectivity index (χ3v) is 7.71. The molecular formula is C27H37N3O4S. The van der Waals surface area contributed by atoms with Crippen molar-refractivity contribution in [3.05, 3.63) is 65.7 Å². The second kappa shape index (κ2) is 12.2. The maximum absolute atomic E-state index is 13.6. The SMILES string of the molecule is Cc1cccc(N(CC(=O)N(CCc2ccccc2)C(C)C(=O)NC2CCCCC2)S(C)(=O)=O)c1. The standard InChI is InChI=1S/C27H37N3O4S/c1-21-11-10-16-25(19-21)30(35(3,33)34)20-26(31)29(18-17-23-12-6-4-7-13-23)22(2)27(32)28-24-14-8-5-9-15-24/h4,6-7,10-13,16,19,22,24H,5,8-9,14-15,17-18,20H2,1-3H3,(H,28,32). The van der Waals surface area contributed by atoms with E-state index in [9.17, 15) is 18.0 Å². The third-order valence-electron chi connectivity index (χ3n) is 6.57. The van der Waals surface area contributed by atoms with Crippen LogP contribution in [0.15, 0.2) is 54.6 Å². The summed E-state index contributed by atoms with van der Waals surface area (Å²) in [6.45, 7) is 3.54. The van der Waals surface area contributed by atoms with E-state index >= 15 is 0 Å². The Hall–Kier alpha value is -2.87. The van der Waals surface area contributed by atoms with E-state index < -0.39 is 22.0 Å². The van der Waals surface area contributed by atoms with Crippen LogP contribution in [0.1, 0.15) is 50.2 Å². The average molecular weight is 500 g/mol. The molecule has 2 amide bonds. The highest BCUT2D eigenvalue weighted by Gasteiger charge is 2.30. The lowest BCUT2D eigenvalue weighted by Gasteiger charge is -2.33. The number of rotatable bonds is 10. The molecule has 35 heavy (non-hydrogen) atoms. The zero-order valence-electron chi connectivity index (χ0n) is 20.9. The topological polar surface area (TPSA) is 86.8 Å². The lowest BCUT2D eigenvalue weighted by molar-refractivity contribution is -0.139. The van der Waals surface area contributed by atoms with Gasteiger partial charge < -0.3 is 10.2 Å². The van der Waals surface area contributed by atoms with E-state index in [1.807, 2.05) is 43.3 Å². The highest BCUT2D eigenvalue weighted by atomic mass is 32.2. The molecule has 1 aliphatic carbocycles. The number of anilines is 1. The molecule has 2 aromatic carbocycles. The Morgan fingerprint density at radius 3 is 2.34 bits per heavy atom. The molecule has 0 heterocycles. The highest BCUT2D eigenvalue weighted by molar-refractivity contribution is 7.92.